The van der Waals surface area contributed by atoms with E-state index in [0.29, 0.717) is 10.9 Å². The molecule has 0 bridgehead atoms. The summed E-state index contributed by atoms with van der Waals surface area (Å²) in [4.78, 5) is 4.57. The minimum absolute atomic E-state index is 0.172. The van der Waals surface area contributed by atoms with Crippen molar-refractivity contribution >= 4 is 36.7 Å². The van der Waals surface area contributed by atoms with Gasteiger partial charge in [0.2, 0.25) is 0 Å². The molecule has 0 radical (unpaired) electrons. The second kappa shape index (κ2) is 5.82. The number of nitrogens with one attached hydrogen (secondary N) is 1. The van der Waals surface area contributed by atoms with Crippen LogP contribution in [0.1, 0.15) is 11.1 Å². The molecule has 0 aliphatic rings. The zero-order valence-corrected chi connectivity index (χ0v) is 14.6. The van der Waals surface area contributed by atoms with E-state index in [1.165, 1.54) is 30.6 Å². The van der Waals surface area contributed by atoms with Crippen molar-refractivity contribution in [2.45, 2.75) is 18.7 Å². The molecule has 7 heteroatoms. The highest BCUT2D eigenvalue weighted by Gasteiger charge is 2.17. The zero-order valence-electron chi connectivity index (χ0n) is 13.0. The topological polar surface area (TPSA) is 68.3 Å². The summed E-state index contributed by atoms with van der Waals surface area (Å²) in [6.45, 7) is 3.98. The Morgan fingerprint density at radius 1 is 1.13 bits per heavy atom. The number of fused-ring (bicyclic) bond motifs is 1. The van der Waals surface area contributed by atoms with E-state index in [-0.39, 0.29) is 4.90 Å². The van der Waals surface area contributed by atoms with Crippen LogP contribution in [0, 0.1) is 13.8 Å². The number of hydrogen-bond acceptors (Lipinski definition) is 5. The highest BCUT2D eigenvalue weighted by molar-refractivity contribution is 7.93. The number of ether oxygens (including phenoxy) is 1. The number of thiazole rings is 1. The smallest absolute Gasteiger partial charge is 0.263 e. The van der Waals surface area contributed by atoms with Crippen molar-refractivity contribution in [3.05, 3.63) is 47.5 Å². The second-order valence-corrected chi connectivity index (χ2v) is 7.94. The molecular weight excluding hydrogens is 332 g/mol. The molecule has 0 spiro atoms. The molecule has 0 unspecified atom stereocenters. The lowest BCUT2D eigenvalue weighted by atomic mass is 10.1. The molecule has 0 atom stereocenters. The maximum Gasteiger partial charge on any atom is 0.263 e. The minimum Gasteiger partial charge on any atom is -0.497 e. The molecule has 0 fully saturated rings. The Kier molecular flexibility index (Phi) is 3.99. The summed E-state index contributed by atoms with van der Waals surface area (Å²) >= 11 is 1.33. The maximum absolute atomic E-state index is 12.4. The molecule has 120 valence electrons. The van der Waals surface area contributed by atoms with Gasteiger partial charge in [0.25, 0.3) is 10.0 Å². The predicted molar refractivity (Wildman–Crippen MR) is 92.9 cm³/mol. The number of aromatic nitrogens is 1. The molecule has 2 aromatic carbocycles. The average molecular weight is 348 g/mol. The van der Waals surface area contributed by atoms with Gasteiger partial charge in [0, 0.05) is 0 Å². The first-order valence-electron chi connectivity index (χ1n) is 6.94. The molecule has 1 aromatic heterocycles. The summed E-state index contributed by atoms with van der Waals surface area (Å²) < 4.78 is 33.4. The SMILES string of the molecule is COc1ccc(S(=O)(=O)Nc2nc3c(C)cc(C)cc3s2)cc1. The van der Waals surface area contributed by atoms with E-state index in [2.05, 4.69) is 9.71 Å². The summed E-state index contributed by atoms with van der Waals surface area (Å²) in [5, 5.41) is 0.365. The van der Waals surface area contributed by atoms with Crippen LogP contribution in [0.3, 0.4) is 0 Å². The first-order valence-corrected chi connectivity index (χ1v) is 9.24. The molecule has 0 saturated carbocycles. The number of anilines is 1. The number of aryl methyl sites for hydroxylation is 2. The molecule has 1 N–H and O–H groups in total. The van der Waals surface area contributed by atoms with Gasteiger partial charge >= 0.3 is 0 Å². The van der Waals surface area contributed by atoms with Gasteiger partial charge in [-0.2, -0.15) is 0 Å². The summed E-state index contributed by atoms with van der Waals surface area (Å²) in [6.07, 6.45) is 0. The molecule has 3 rings (SSSR count). The Labute approximate surface area is 139 Å². The first-order chi connectivity index (χ1) is 10.9. The fourth-order valence-corrected chi connectivity index (χ4v) is 4.62. The van der Waals surface area contributed by atoms with Gasteiger partial charge in [-0.1, -0.05) is 17.4 Å². The summed E-state index contributed by atoms with van der Waals surface area (Å²) in [7, 11) is -2.13. The number of rotatable bonds is 4. The Hall–Kier alpha value is -2.12. The molecule has 5 nitrogen and oxygen atoms in total. The van der Waals surface area contributed by atoms with Crippen LogP contribution in [0.15, 0.2) is 41.3 Å². The van der Waals surface area contributed by atoms with E-state index < -0.39 is 10.0 Å². The van der Waals surface area contributed by atoms with Gasteiger partial charge in [0.15, 0.2) is 5.13 Å². The molecule has 3 aromatic rings. The van der Waals surface area contributed by atoms with Crippen molar-refractivity contribution in [3.8, 4) is 5.75 Å². The summed E-state index contributed by atoms with van der Waals surface area (Å²) in [5.74, 6) is 0.607. The third-order valence-electron chi connectivity index (χ3n) is 3.42. The Morgan fingerprint density at radius 3 is 2.48 bits per heavy atom. The number of sulfonamides is 1. The predicted octanol–water partition coefficient (Wildman–Crippen LogP) is 3.72. The highest BCUT2D eigenvalue weighted by atomic mass is 32.2. The monoisotopic (exact) mass is 348 g/mol. The third-order valence-corrected chi connectivity index (χ3v) is 5.82. The van der Waals surface area contributed by atoms with Crippen molar-refractivity contribution in [2.75, 3.05) is 11.8 Å². The van der Waals surface area contributed by atoms with Gasteiger partial charge in [-0.3, -0.25) is 4.72 Å². The van der Waals surface area contributed by atoms with Crippen LogP contribution < -0.4 is 9.46 Å². The van der Waals surface area contributed by atoms with E-state index >= 15 is 0 Å². The Balaban J connectivity index is 1.95. The lowest BCUT2D eigenvalue weighted by molar-refractivity contribution is 0.414. The Morgan fingerprint density at radius 2 is 1.83 bits per heavy atom. The summed E-state index contributed by atoms with van der Waals surface area (Å²) in [6, 6.07) is 10.3. The standard InChI is InChI=1S/C16H16N2O3S2/c1-10-8-11(2)15-14(9-10)22-16(17-15)18-23(19,20)13-6-4-12(21-3)5-7-13/h4-9H,1-3H3,(H,17,18). The molecule has 0 amide bonds. The van der Waals surface area contributed by atoms with Crippen LogP contribution >= 0.6 is 11.3 Å². The zero-order chi connectivity index (χ0) is 16.6. The van der Waals surface area contributed by atoms with Gasteiger partial charge in [-0.15, -0.1) is 0 Å². The third kappa shape index (κ3) is 3.16. The van der Waals surface area contributed by atoms with E-state index in [1.54, 1.807) is 12.1 Å². The lowest BCUT2D eigenvalue weighted by Crippen LogP contribution is -2.12. The molecule has 23 heavy (non-hydrogen) atoms. The van der Waals surface area contributed by atoms with Crippen LogP contribution in [0.5, 0.6) is 5.75 Å². The van der Waals surface area contributed by atoms with E-state index in [1.807, 2.05) is 26.0 Å². The Bertz CT molecular complexity index is 961. The van der Waals surface area contributed by atoms with Crippen molar-refractivity contribution in [3.63, 3.8) is 0 Å². The van der Waals surface area contributed by atoms with Crippen molar-refractivity contribution in [2.24, 2.45) is 0 Å². The van der Waals surface area contributed by atoms with Crippen molar-refractivity contribution in [1.82, 2.24) is 4.98 Å². The highest BCUT2D eigenvalue weighted by Crippen LogP contribution is 2.30. The first kappa shape index (κ1) is 15.8. The van der Waals surface area contributed by atoms with Crippen molar-refractivity contribution in [1.29, 1.82) is 0 Å². The largest absolute Gasteiger partial charge is 0.497 e. The van der Waals surface area contributed by atoms with Crippen LogP contribution in [-0.2, 0) is 10.0 Å². The van der Waals surface area contributed by atoms with Gasteiger partial charge in [0.05, 0.1) is 22.2 Å². The van der Waals surface area contributed by atoms with Crippen LogP contribution in [-0.4, -0.2) is 20.5 Å². The maximum atomic E-state index is 12.4. The summed E-state index contributed by atoms with van der Waals surface area (Å²) in [5.41, 5.74) is 2.99. The average Bonchev–Trinajstić information content (AvgIpc) is 2.89. The van der Waals surface area contributed by atoms with Gasteiger partial charge in [-0.05, 0) is 55.3 Å². The van der Waals surface area contributed by atoms with Crippen LogP contribution in [0.4, 0.5) is 5.13 Å². The van der Waals surface area contributed by atoms with Crippen LogP contribution in [0.2, 0.25) is 0 Å². The fourth-order valence-electron chi connectivity index (χ4n) is 2.34. The second-order valence-electron chi connectivity index (χ2n) is 5.23. The quantitative estimate of drug-likeness (QED) is 0.780. The number of nitrogens with zero attached hydrogens (tertiary/aromatic N) is 1. The normalized spacial score (nSPS) is 11.6. The van der Waals surface area contributed by atoms with Gasteiger partial charge in [0.1, 0.15) is 5.75 Å². The molecule has 1 heterocycles. The van der Waals surface area contributed by atoms with Crippen LogP contribution in [0.25, 0.3) is 10.2 Å². The molecular formula is C16H16N2O3S2. The van der Waals surface area contributed by atoms with Gasteiger partial charge in [-0.25, -0.2) is 13.4 Å². The van der Waals surface area contributed by atoms with Crippen molar-refractivity contribution < 1.29 is 13.2 Å². The molecule has 0 aliphatic heterocycles. The number of hydrogen-bond donors (Lipinski definition) is 1. The van der Waals surface area contributed by atoms with Gasteiger partial charge < -0.3 is 4.74 Å². The minimum atomic E-state index is -3.67. The van der Waals surface area contributed by atoms with E-state index in [9.17, 15) is 8.42 Å². The molecule has 0 saturated heterocycles. The van der Waals surface area contributed by atoms with E-state index in [0.717, 1.165) is 21.3 Å². The molecule has 0 aliphatic carbocycles. The lowest BCUT2D eigenvalue weighted by Gasteiger charge is -2.05. The van der Waals surface area contributed by atoms with E-state index in [4.69, 9.17) is 4.74 Å². The fraction of sp³-hybridized carbons (Fsp3) is 0.188. The number of benzene rings is 2. The number of methoxy groups -OCH3 is 1.